The summed E-state index contributed by atoms with van der Waals surface area (Å²) in [4.78, 5) is 0. The van der Waals surface area contributed by atoms with E-state index in [1.54, 1.807) is 19.3 Å². The molecule has 2 heteroatoms. The van der Waals surface area contributed by atoms with E-state index in [1.165, 1.54) is 15.9 Å². The Hall–Kier alpha value is -0.767. The van der Waals surface area contributed by atoms with Gasteiger partial charge >= 0.3 is 20.2 Å². The predicted octanol–water partition coefficient (Wildman–Crippen LogP) is 3.97. The number of rotatable bonds is 4. The molecule has 0 aromatic heterocycles. The Kier molecular flexibility index (Phi) is 6.48. The second kappa shape index (κ2) is 8.41. The number of benzene rings is 2. The second-order valence-electron chi connectivity index (χ2n) is 4.12. The third-order valence-electron chi connectivity index (χ3n) is 2.80. The summed E-state index contributed by atoms with van der Waals surface area (Å²) in [5.41, 5.74) is 0. The van der Waals surface area contributed by atoms with Gasteiger partial charge in [-0.2, -0.15) is 6.42 Å². The Balaban J connectivity index is 0.000000956. The van der Waals surface area contributed by atoms with E-state index in [0.717, 1.165) is 6.42 Å². The van der Waals surface area contributed by atoms with Crippen LogP contribution in [0.2, 0.25) is 0 Å². The fourth-order valence-corrected chi connectivity index (χ4v) is 4.35. The summed E-state index contributed by atoms with van der Waals surface area (Å²) >= 11 is 1.80. The molecule has 0 saturated carbocycles. The van der Waals surface area contributed by atoms with Crippen LogP contribution < -0.4 is 10.6 Å². The molecular weight excluding hydrogens is 338 g/mol. The Morgan fingerprint density at radius 3 is 1.79 bits per heavy atom. The van der Waals surface area contributed by atoms with E-state index in [2.05, 4.69) is 80.6 Å². The maximum atomic E-state index is 5.64. The average molecular weight is 358 g/mol. The molecule has 0 radical (unpaired) electrons. The molecule has 0 heterocycles. The molecule has 0 saturated heterocycles. The van der Waals surface area contributed by atoms with Crippen molar-refractivity contribution in [2.45, 2.75) is 20.3 Å². The van der Waals surface area contributed by atoms with Crippen LogP contribution in [0.1, 0.15) is 20.3 Å². The van der Waals surface area contributed by atoms with Gasteiger partial charge < -0.3 is 6.08 Å². The minimum absolute atomic E-state index is 0.412. The summed E-state index contributed by atoms with van der Waals surface area (Å²) in [6.45, 7) is 4.35. The van der Waals surface area contributed by atoms with E-state index >= 15 is 0 Å². The summed E-state index contributed by atoms with van der Waals surface area (Å²) in [6, 6.07) is 21.5. The first-order valence-corrected chi connectivity index (χ1v) is 7.64. The molecule has 100 valence electrons. The number of hydrogen-bond donors (Lipinski definition) is 0. The molecule has 2 aromatic rings. The van der Waals surface area contributed by atoms with Gasteiger partial charge in [-0.1, -0.05) is 82.4 Å². The summed E-state index contributed by atoms with van der Waals surface area (Å²) in [7, 11) is -0.412. The van der Waals surface area contributed by atoms with Crippen molar-refractivity contribution in [3.05, 3.63) is 72.1 Å². The second-order valence-corrected chi connectivity index (χ2v) is 6.50. The van der Waals surface area contributed by atoms with E-state index in [-0.39, 0.29) is 0 Å². The van der Waals surface area contributed by atoms with Crippen molar-refractivity contribution in [2.75, 3.05) is 0 Å². The van der Waals surface area contributed by atoms with Crippen LogP contribution in [0.5, 0.6) is 0 Å². The van der Waals surface area contributed by atoms with Gasteiger partial charge in [0.1, 0.15) is 0 Å². The Bertz CT molecular complexity index is 472. The van der Waals surface area contributed by atoms with Gasteiger partial charge in [-0.15, -0.1) is 0 Å². The predicted molar refractivity (Wildman–Crippen MR) is 83.2 cm³/mol. The number of allylic oxidation sites excluding steroid dienone is 2. The normalized spacial score (nSPS) is 11.6. The first-order valence-electron chi connectivity index (χ1n) is 6.64. The van der Waals surface area contributed by atoms with Gasteiger partial charge in [0, 0.05) is 0 Å². The van der Waals surface area contributed by atoms with Crippen LogP contribution in [-0.4, -0.2) is 0.832 Å². The summed E-state index contributed by atoms with van der Waals surface area (Å²) in [5.74, 6) is 0. The Morgan fingerprint density at radius 2 is 1.42 bits per heavy atom. The van der Waals surface area contributed by atoms with E-state index < -0.39 is 7.92 Å². The molecule has 2 rings (SSSR count). The molecule has 0 aliphatic carbocycles. The summed E-state index contributed by atoms with van der Waals surface area (Å²) in [5, 5.41) is 4.17. The van der Waals surface area contributed by atoms with Crippen molar-refractivity contribution >= 4 is 18.5 Å². The monoisotopic (exact) mass is 358 g/mol. The van der Waals surface area contributed by atoms with Gasteiger partial charge in [0.25, 0.3) is 0 Å². The van der Waals surface area contributed by atoms with E-state index in [0.29, 0.717) is 0 Å². The summed E-state index contributed by atoms with van der Waals surface area (Å²) < 4.78 is 5.64. The molecule has 0 amide bonds. The van der Waals surface area contributed by atoms with E-state index in [9.17, 15) is 0 Å². The van der Waals surface area contributed by atoms with Crippen LogP contribution in [0.3, 0.4) is 0 Å². The molecule has 0 atom stereocenters. The molecule has 0 bridgehead atoms. The molecule has 19 heavy (non-hydrogen) atoms. The van der Waals surface area contributed by atoms with E-state index in [4.69, 9.17) is 0.832 Å². The molecule has 0 aliphatic rings. The first-order chi connectivity index (χ1) is 9.83. The standard InChI is InChI=1S/C17H18P.Rh.H/c1-3-10-15(2)18(16-11-6-4-7-12-16)17-13-8-5-9-14-17;;/h4-9,11-14H,3H2,1-2H3;;/q-1;+2;/i;;1+1. The van der Waals surface area contributed by atoms with Gasteiger partial charge in [0.2, 0.25) is 0 Å². The Labute approximate surface area is 131 Å². The zero-order chi connectivity index (χ0) is 14.8. The van der Waals surface area contributed by atoms with Crippen molar-refractivity contribution in [3.63, 3.8) is 0 Å². The van der Waals surface area contributed by atoms with Crippen molar-refractivity contribution in [2.24, 2.45) is 0 Å². The van der Waals surface area contributed by atoms with Crippen LogP contribution in [0, 0.1) is 6.08 Å². The third kappa shape index (κ3) is 4.38. The number of hydrogen-bond acceptors (Lipinski definition) is 0. The molecule has 2 aromatic carbocycles. The summed E-state index contributed by atoms with van der Waals surface area (Å²) in [6.07, 6.45) is 4.46. The zero-order valence-electron chi connectivity index (χ0n) is 12.3. The third-order valence-corrected chi connectivity index (χ3v) is 5.25. The maximum absolute atomic E-state index is 5.64. The Morgan fingerprint density at radius 1 is 1.00 bits per heavy atom. The van der Waals surface area contributed by atoms with Crippen LogP contribution in [0.4, 0.5) is 0 Å². The topological polar surface area (TPSA) is 0 Å². The van der Waals surface area contributed by atoms with Crippen molar-refractivity contribution in [3.8, 4) is 0 Å². The minimum atomic E-state index is -0.412. The van der Waals surface area contributed by atoms with Crippen LogP contribution in [0.15, 0.2) is 66.0 Å². The van der Waals surface area contributed by atoms with Gasteiger partial charge in [0.15, 0.2) is 0 Å². The molecule has 0 aliphatic heterocycles. The van der Waals surface area contributed by atoms with Gasteiger partial charge in [0.05, 0.1) is 0 Å². The first kappa shape index (κ1) is 14.6. The van der Waals surface area contributed by atoms with Crippen LogP contribution >= 0.6 is 7.92 Å². The quantitative estimate of drug-likeness (QED) is 0.441. The molecule has 0 N–H and O–H groups in total. The molecule has 0 fully saturated rings. The molecule has 0 nitrogen and oxygen atoms in total. The molecule has 0 spiro atoms. The fraction of sp³-hybridized carbons (Fsp3) is 0.176. The van der Waals surface area contributed by atoms with Crippen LogP contribution in [0.25, 0.3) is 0 Å². The van der Waals surface area contributed by atoms with Gasteiger partial charge in [-0.05, 0) is 10.6 Å². The molecular formula is C17H19PRh+. The average Bonchev–Trinajstić information content (AvgIpc) is 2.52. The van der Waals surface area contributed by atoms with Crippen molar-refractivity contribution in [1.29, 1.82) is 0.832 Å². The molecule has 0 unspecified atom stereocenters. The fourth-order valence-electron chi connectivity index (χ4n) is 2.03. The SMILES string of the molecule is CC[C-]=C(C)P(c1ccccc1)c1ccccc1.[2H][Rh+2]. The van der Waals surface area contributed by atoms with Crippen molar-refractivity contribution in [1.82, 2.24) is 0 Å². The van der Waals surface area contributed by atoms with Gasteiger partial charge in [-0.25, -0.2) is 5.31 Å². The zero-order valence-corrected chi connectivity index (χ0v) is 13.8. The van der Waals surface area contributed by atoms with Crippen molar-refractivity contribution < 1.29 is 19.3 Å². The van der Waals surface area contributed by atoms with Crippen LogP contribution in [-0.2, 0) is 19.3 Å². The van der Waals surface area contributed by atoms with E-state index in [1.807, 2.05) is 0 Å². The van der Waals surface area contributed by atoms with Gasteiger partial charge in [-0.3, -0.25) is 0 Å².